The highest BCUT2D eigenvalue weighted by Gasteiger charge is 2.22. The second-order valence-electron chi connectivity index (χ2n) is 14.4. The van der Waals surface area contributed by atoms with E-state index in [0.717, 1.165) is 82.5 Å². The molecule has 0 saturated carbocycles. The first-order valence-corrected chi connectivity index (χ1v) is 19.1. The Hall–Kier alpha value is -7.83. The molecule has 6 heteroatoms. The van der Waals surface area contributed by atoms with Crippen LogP contribution in [0.3, 0.4) is 0 Å². The van der Waals surface area contributed by atoms with Crippen molar-refractivity contribution in [2.75, 3.05) is 0 Å². The molecular weight excluding hydrogens is 699 g/mol. The van der Waals surface area contributed by atoms with Gasteiger partial charge in [0.05, 0.1) is 27.5 Å². The summed E-state index contributed by atoms with van der Waals surface area (Å²) in [7, 11) is 0. The van der Waals surface area contributed by atoms with Crippen LogP contribution in [0.15, 0.2) is 192 Å². The third kappa shape index (κ3) is 4.87. The first kappa shape index (κ1) is 31.5. The topological polar surface area (TPSA) is 61.7 Å². The standard InChI is InChI=1S/C51H31N5O/c1-3-14-32(15-4-1)34-18-13-19-36(30-34)55-42-23-10-9-22-39(42)40-27-29-46-47(48(40)55)41-31-35(26-28-45(41)57-46)50-52-49(33-16-5-2-6-17-33)53-51(54-50)56-43-24-11-7-20-37(43)38-21-8-12-25-44(38)56/h1-31H. The summed E-state index contributed by atoms with van der Waals surface area (Å²) in [5.74, 6) is 1.75. The van der Waals surface area contributed by atoms with E-state index in [2.05, 4.69) is 161 Å². The summed E-state index contributed by atoms with van der Waals surface area (Å²) in [5.41, 5.74) is 11.2. The Morgan fingerprint density at radius 1 is 0.351 bits per heavy atom. The van der Waals surface area contributed by atoms with Crippen molar-refractivity contribution >= 4 is 65.6 Å². The van der Waals surface area contributed by atoms with Gasteiger partial charge in [0.15, 0.2) is 11.6 Å². The third-order valence-electron chi connectivity index (χ3n) is 11.2. The first-order valence-electron chi connectivity index (χ1n) is 19.1. The lowest BCUT2D eigenvalue weighted by Gasteiger charge is -2.11. The number of furan rings is 1. The van der Waals surface area contributed by atoms with Crippen LogP contribution in [-0.4, -0.2) is 24.1 Å². The minimum Gasteiger partial charge on any atom is -0.456 e. The lowest BCUT2D eigenvalue weighted by atomic mass is 10.0. The molecule has 0 aliphatic rings. The van der Waals surface area contributed by atoms with Gasteiger partial charge in [-0.15, -0.1) is 0 Å². The quantitative estimate of drug-likeness (QED) is 0.177. The number of fused-ring (bicyclic) bond motifs is 10. The van der Waals surface area contributed by atoms with Gasteiger partial charge in [-0.3, -0.25) is 4.57 Å². The zero-order chi connectivity index (χ0) is 37.5. The van der Waals surface area contributed by atoms with Crippen molar-refractivity contribution in [3.63, 3.8) is 0 Å². The minimum atomic E-state index is 0.564. The molecule has 0 aliphatic carbocycles. The van der Waals surface area contributed by atoms with Gasteiger partial charge in [-0.1, -0.05) is 127 Å². The van der Waals surface area contributed by atoms with Crippen molar-refractivity contribution in [2.45, 2.75) is 0 Å². The molecule has 0 N–H and O–H groups in total. The number of para-hydroxylation sites is 3. The molecule has 0 unspecified atom stereocenters. The molecule has 0 radical (unpaired) electrons. The van der Waals surface area contributed by atoms with Crippen molar-refractivity contribution in [1.29, 1.82) is 0 Å². The van der Waals surface area contributed by atoms with Crippen LogP contribution in [0.5, 0.6) is 0 Å². The van der Waals surface area contributed by atoms with Gasteiger partial charge in [0.25, 0.3) is 0 Å². The SMILES string of the molecule is c1ccc(-c2cccc(-n3c4ccccc4c4ccc5oc6ccc(-c7nc(-c8ccccc8)nc(-n8c9ccccc9c9ccccc98)n7)cc6c5c43)c2)cc1. The van der Waals surface area contributed by atoms with Crippen LogP contribution < -0.4 is 0 Å². The fourth-order valence-electron chi connectivity index (χ4n) is 8.63. The van der Waals surface area contributed by atoms with Gasteiger partial charge < -0.3 is 8.98 Å². The fourth-order valence-corrected chi connectivity index (χ4v) is 8.63. The van der Waals surface area contributed by atoms with Crippen molar-refractivity contribution in [3.8, 4) is 45.5 Å². The molecule has 0 fully saturated rings. The van der Waals surface area contributed by atoms with E-state index in [1.165, 1.54) is 10.9 Å². The Morgan fingerprint density at radius 2 is 0.912 bits per heavy atom. The Kier molecular flexibility index (Phi) is 6.83. The maximum Gasteiger partial charge on any atom is 0.238 e. The molecular formula is C51H31N5O. The predicted octanol–water partition coefficient (Wildman–Crippen LogP) is 13.0. The summed E-state index contributed by atoms with van der Waals surface area (Å²) >= 11 is 0. The van der Waals surface area contributed by atoms with Gasteiger partial charge in [-0.05, 0) is 71.8 Å². The molecule has 4 heterocycles. The second-order valence-corrected chi connectivity index (χ2v) is 14.4. The van der Waals surface area contributed by atoms with Crippen molar-refractivity contribution in [2.24, 2.45) is 0 Å². The Labute approximate surface area is 326 Å². The summed E-state index contributed by atoms with van der Waals surface area (Å²) in [6.07, 6.45) is 0. The van der Waals surface area contributed by atoms with E-state index in [-0.39, 0.29) is 0 Å². The number of rotatable bonds is 5. The summed E-state index contributed by atoms with van der Waals surface area (Å²) in [4.78, 5) is 15.5. The number of benzene rings is 8. The van der Waals surface area contributed by atoms with E-state index in [1.54, 1.807) is 0 Å². The van der Waals surface area contributed by atoms with Gasteiger partial charge in [0, 0.05) is 43.7 Å². The van der Waals surface area contributed by atoms with E-state index in [9.17, 15) is 0 Å². The van der Waals surface area contributed by atoms with E-state index in [4.69, 9.17) is 19.4 Å². The first-order chi connectivity index (χ1) is 28.3. The molecule has 57 heavy (non-hydrogen) atoms. The minimum absolute atomic E-state index is 0.564. The van der Waals surface area contributed by atoms with E-state index in [1.807, 2.05) is 36.4 Å². The molecule has 0 bridgehead atoms. The molecule has 12 rings (SSSR count). The molecule has 0 spiro atoms. The summed E-state index contributed by atoms with van der Waals surface area (Å²) in [6, 6.07) is 65.5. The molecule has 6 nitrogen and oxygen atoms in total. The van der Waals surface area contributed by atoms with Gasteiger partial charge in [-0.25, -0.2) is 4.98 Å². The zero-order valence-corrected chi connectivity index (χ0v) is 30.5. The smallest absolute Gasteiger partial charge is 0.238 e. The average molecular weight is 730 g/mol. The maximum absolute atomic E-state index is 6.63. The number of nitrogens with zero attached hydrogens (tertiary/aromatic N) is 5. The highest BCUT2D eigenvalue weighted by Crippen LogP contribution is 2.42. The summed E-state index contributed by atoms with van der Waals surface area (Å²) < 4.78 is 11.2. The number of hydrogen-bond donors (Lipinski definition) is 0. The lowest BCUT2D eigenvalue weighted by molar-refractivity contribution is 0.669. The van der Waals surface area contributed by atoms with Crippen LogP contribution in [0.25, 0.3) is 111 Å². The van der Waals surface area contributed by atoms with Crippen molar-refractivity contribution in [1.82, 2.24) is 24.1 Å². The van der Waals surface area contributed by atoms with E-state index in [0.29, 0.717) is 17.6 Å². The molecule has 0 saturated heterocycles. The third-order valence-corrected chi connectivity index (χ3v) is 11.2. The molecule has 4 aromatic heterocycles. The molecule has 0 aliphatic heterocycles. The van der Waals surface area contributed by atoms with Crippen LogP contribution in [0.2, 0.25) is 0 Å². The normalized spacial score (nSPS) is 11.9. The lowest BCUT2D eigenvalue weighted by Crippen LogP contribution is -2.06. The Balaban J connectivity index is 1.12. The monoisotopic (exact) mass is 729 g/mol. The Morgan fingerprint density at radius 3 is 1.61 bits per heavy atom. The number of hydrogen-bond acceptors (Lipinski definition) is 4. The van der Waals surface area contributed by atoms with Gasteiger partial charge >= 0.3 is 0 Å². The van der Waals surface area contributed by atoms with Crippen LogP contribution in [-0.2, 0) is 0 Å². The van der Waals surface area contributed by atoms with E-state index < -0.39 is 0 Å². The fraction of sp³-hybridized carbons (Fsp3) is 0. The second kappa shape index (κ2) is 12.3. The molecule has 0 atom stereocenters. The van der Waals surface area contributed by atoms with Crippen LogP contribution >= 0.6 is 0 Å². The van der Waals surface area contributed by atoms with Crippen molar-refractivity contribution < 1.29 is 4.42 Å². The van der Waals surface area contributed by atoms with Gasteiger partial charge in [0.1, 0.15) is 11.2 Å². The average Bonchev–Trinajstić information content (AvgIpc) is 3.94. The highest BCUT2D eigenvalue weighted by atomic mass is 16.3. The van der Waals surface area contributed by atoms with Crippen LogP contribution in [0, 0.1) is 0 Å². The number of aromatic nitrogens is 5. The Bertz CT molecular complexity index is 3470. The zero-order valence-electron chi connectivity index (χ0n) is 30.5. The van der Waals surface area contributed by atoms with Crippen LogP contribution in [0.1, 0.15) is 0 Å². The van der Waals surface area contributed by atoms with Crippen molar-refractivity contribution in [3.05, 3.63) is 188 Å². The molecule has 0 amide bonds. The van der Waals surface area contributed by atoms with Gasteiger partial charge in [-0.2, -0.15) is 9.97 Å². The summed E-state index contributed by atoms with van der Waals surface area (Å²) in [6.45, 7) is 0. The molecule has 8 aromatic carbocycles. The largest absolute Gasteiger partial charge is 0.456 e. The van der Waals surface area contributed by atoms with Crippen LogP contribution in [0.4, 0.5) is 0 Å². The van der Waals surface area contributed by atoms with E-state index >= 15 is 0 Å². The molecule has 12 aromatic rings. The maximum atomic E-state index is 6.63. The highest BCUT2D eigenvalue weighted by molar-refractivity contribution is 6.24. The van der Waals surface area contributed by atoms with Gasteiger partial charge in [0.2, 0.25) is 5.95 Å². The predicted molar refractivity (Wildman–Crippen MR) is 232 cm³/mol. The summed E-state index contributed by atoms with van der Waals surface area (Å²) in [5, 5.41) is 6.69. The molecule has 266 valence electrons.